The molecule has 190 valence electrons. The highest BCUT2D eigenvalue weighted by atomic mass is 19.1. The van der Waals surface area contributed by atoms with Crippen LogP contribution in [0.5, 0.6) is 0 Å². The maximum atomic E-state index is 15.3. The van der Waals surface area contributed by atoms with Crippen LogP contribution in [-0.4, -0.2) is 42.6 Å². The molecule has 7 heteroatoms. The zero-order chi connectivity index (χ0) is 26.1. The van der Waals surface area contributed by atoms with Crippen molar-refractivity contribution in [1.82, 2.24) is 4.90 Å². The van der Waals surface area contributed by atoms with Gasteiger partial charge in [0.2, 0.25) is 0 Å². The monoisotopic (exact) mass is 501 g/mol. The summed E-state index contributed by atoms with van der Waals surface area (Å²) in [6, 6.07) is 16.6. The highest BCUT2D eigenvalue weighted by molar-refractivity contribution is 5.98. The zero-order valence-electron chi connectivity index (χ0n) is 20.7. The Kier molecular flexibility index (Phi) is 7.05. The molecule has 2 bridgehead atoms. The number of benzene rings is 3. The van der Waals surface area contributed by atoms with Gasteiger partial charge in [0.25, 0.3) is 5.91 Å². The fraction of sp³-hybridized carbons (Fsp3) is 0.333. The average molecular weight is 502 g/mol. The van der Waals surface area contributed by atoms with E-state index in [0.717, 1.165) is 31.2 Å². The summed E-state index contributed by atoms with van der Waals surface area (Å²) in [7, 11) is 1.60. The van der Waals surface area contributed by atoms with E-state index < -0.39 is 11.6 Å². The molecular formula is C30H29F2N3O2. The lowest BCUT2D eigenvalue weighted by atomic mass is 9.90. The molecule has 1 amide bonds. The topological polar surface area (TPSA) is 79.3 Å². The first-order valence-electron chi connectivity index (χ1n) is 12.6. The molecule has 5 rings (SSSR count). The summed E-state index contributed by atoms with van der Waals surface area (Å²) in [5.41, 5.74) is 9.27. The van der Waals surface area contributed by atoms with Gasteiger partial charge in [0.1, 0.15) is 17.7 Å². The summed E-state index contributed by atoms with van der Waals surface area (Å²) in [6.07, 6.45) is 4.03. The third-order valence-electron chi connectivity index (χ3n) is 7.59. The number of carbonyl (C=O) groups is 1. The van der Waals surface area contributed by atoms with Crippen LogP contribution in [0.2, 0.25) is 0 Å². The number of nitrogens with two attached hydrogens (primary N) is 1. The zero-order valence-corrected chi connectivity index (χ0v) is 20.7. The molecule has 2 fully saturated rings. The molecule has 2 heterocycles. The number of methoxy groups -OCH3 is 1. The molecular weight excluding hydrogens is 472 g/mol. The molecule has 0 aromatic heterocycles. The Morgan fingerprint density at radius 2 is 1.73 bits per heavy atom. The molecule has 0 saturated carbocycles. The Hall–Kier alpha value is -3.60. The molecule has 0 radical (unpaired) electrons. The largest absolute Gasteiger partial charge is 0.384 e. The number of fused-ring (bicyclic) bond motifs is 2. The fourth-order valence-corrected chi connectivity index (χ4v) is 5.78. The van der Waals surface area contributed by atoms with E-state index in [9.17, 15) is 9.18 Å². The summed E-state index contributed by atoms with van der Waals surface area (Å²) < 4.78 is 35.0. The first kappa shape index (κ1) is 25.1. The smallest absolute Gasteiger partial charge is 0.254 e. The third kappa shape index (κ3) is 4.87. The van der Waals surface area contributed by atoms with E-state index in [1.807, 2.05) is 17.0 Å². The van der Waals surface area contributed by atoms with Gasteiger partial charge in [-0.1, -0.05) is 24.3 Å². The van der Waals surface area contributed by atoms with Gasteiger partial charge >= 0.3 is 0 Å². The predicted molar refractivity (Wildman–Crippen MR) is 138 cm³/mol. The molecule has 2 saturated heterocycles. The van der Waals surface area contributed by atoms with Crippen LogP contribution in [0.1, 0.15) is 47.2 Å². The third-order valence-corrected chi connectivity index (χ3v) is 7.59. The van der Waals surface area contributed by atoms with E-state index in [1.165, 1.54) is 18.2 Å². The van der Waals surface area contributed by atoms with E-state index in [-0.39, 0.29) is 29.6 Å². The molecule has 0 spiro atoms. The number of nitrogens with zero attached hydrogens (tertiary/aromatic N) is 2. The van der Waals surface area contributed by atoms with Crippen molar-refractivity contribution in [1.29, 1.82) is 5.26 Å². The van der Waals surface area contributed by atoms with Crippen LogP contribution < -0.4 is 5.73 Å². The lowest BCUT2D eigenvalue weighted by molar-refractivity contribution is 0.0575. The van der Waals surface area contributed by atoms with Crippen LogP contribution in [0.15, 0.2) is 54.6 Å². The van der Waals surface area contributed by atoms with Crippen LogP contribution in [-0.2, 0) is 11.2 Å². The number of ether oxygens (including phenoxy) is 1. The summed E-state index contributed by atoms with van der Waals surface area (Å²) in [6.45, 7) is 0.481. The highest BCUT2D eigenvalue weighted by Crippen LogP contribution is 2.39. The maximum Gasteiger partial charge on any atom is 0.254 e. The number of halogens is 2. The van der Waals surface area contributed by atoms with Gasteiger partial charge in [-0.15, -0.1) is 0 Å². The second-order valence-electron chi connectivity index (χ2n) is 9.95. The van der Waals surface area contributed by atoms with Crippen LogP contribution in [0, 0.1) is 23.0 Å². The molecule has 2 aliphatic rings. The van der Waals surface area contributed by atoms with E-state index in [4.69, 9.17) is 15.7 Å². The summed E-state index contributed by atoms with van der Waals surface area (Å²) in [5, 5.41) is 9.16. The number of rotatable bonds is 6. The van der Waals surface area contributed by atoms with Crippen LogP contribution >= 0.6 is 0 Å². The average Bonchev–Trinajstić information content (AvgIpc) is 3.17. The Balaban J connectivity index is 1.58. The van der Waals surface area contributed by atoms with Gasteiger partial charge in [0.05, 0.1) is 12.2 Å². The molecule has 3 aromatic rings. The van der Waals surface area contributed by atoms with E-state index >= 15 is 4.39 Å². The van der Waals surface area contributed by atoms with Gasteiger partial charge < -0.3 is 15.4 Å². The standard InChI is InChI=1S/C30H29F2N3O2/c1-37-11-10-18-2-8-26(29(32)12-18)25-9-5-20(13-27(25)19-3-4-21(17-33)28(31)14-19)30(36)35-23-6-7-24(35)16-22(34)15-23/h2-5,8-9,12-14,22-24H,6-7,10-11,15-16,34H2,1H3/t22-,23-,24+. The molecule has 2 N–H and O–H groups in total. The van der Waals surface area contributed by atoms with Crippen LogP contribution in [0.25, 0.3) is 22.3 Å². The highest BCUT2D eigenvalue weighted by Gasteiger charge is 2.42. The Morgan fingerprint density at radius 3 is 2.38 bits per heavy atom. The molecule has 0 unspecified atom stereocenters. The van der Waals surface area contributed by atoms with Crippen molar-refractivity contribution >= 4 is 5.91 Å². The minimum absolute atomic E-state index is 0.0764. The first-order valence-corrected chi connectivity index (χ1v) is 12.6. The second-order valence-corrected chi connectivity index (χ2v) is 9.95. The van der Waals surface area contributed by atoms with Gasteiger partial charge in [-0.25, -0.2) is 8.78 Å². The van der Waals surface area contributed by atoms with E-state index in [1.54, 1.807) is 37.4 Å². The summed E-state index contributed by atoms with van der Waals surface area (Å²) in [4.78, 5) is 15.6. The van der Waals surface area contributed by atoms with E-state index in [2.05, 4.69) is 0 Å². The van der Waals surface area contributed by atoms with Crippen LogP contribution in [0.3, 0.4) is 0 Å². The Labute approximate surface area is 215 Å². The van der Waals surface area contributed by atoms with Crippen molar-refractivity contribution in [3.05, 3.63) is 82.9 Å². The molecule has 5 nitrogen and oxygen atoms in total. The number of piperidine rings is 1. The molecule has 37 heavy (non-hydrogen) atoms. The molecule has 0 aliphatic carbocycles. The SMILES string of the molecule is COCCc1ccc(-c2ccc(C(=O)N3[C@@H]4CC[C@H]3C[C@H](N)C4)cc2-c2ccc(C#N)c(F)c2)c(F)c1. The fourth-order valence-electron chi connectivity index (χ4n) is 5.78. The maximum absolute atomic E-state index is 15.3. The van der Waals surface area contributed by atoms with Gasteiger partial charge in [-0.05, 0) is 84.7 Å². The first-order chi connectivity index (χ1) is 17.9. The molecule has 3 aromatic carbocycles. The van der Waals surface area contributed by atoms with E-state index in [0.29, 0.717) is 40.8 Å². The minimum Gasteiger partial charge on any atom is -0.384 e. The van der Waals surface area contributed by atoms with Gasteiger partial charge in [0.15, 0.2) is 0 Å². The van der Waals surface area contributed by atoms with Crippen molar-refractivity contribution < 1.29 is 18.3 Å². The van der Waals surface area contributed by atoms with Crippen molar-refractivity contribution in [3.63, 3.8) is 0 Å². The number of amides is 1. The number of nitriles is 1. The van der Waals surface area contributed by atoms with Gasteiger partial charge in [-0.3, -0.25) is 4.79 Å². The van der Waals surface area contributed by atoms with Crippen LogP contribution in [0.4, 0.5) is 8.78 Å². The summed E-state index contributed by atoms with van der Waals surface area (Å²) >= 11 is 0. The lowest BCUT2D eigenvalue weighted by Gasteiger charge is -2.38. The quantitative estimate of drug-likeness (QED) is 0.487. The lowest BCUT2D eigenvalue weighted by Crippen LogP contribution is -2.50. The van der Waals surface area contributed by atoms with Crippen molar-refractivity contribution in [2.75, 3.05) is 13.7 Å². The van der Waals surface area contributed by atoms with Gasteiger partial charge in [0, 0.05) is 36.4 Å². The Morgan fingerprint density at radius 1 is 1.00 bits per heavy atom. The van der Waals surface area contributed by atoms with Crippen molar-refractivity contribution in [2.45, 2.75) is 50.2 Å². The second kappa shape index (κ2) is 10.4. The predicted octanol–water partition coefficient (Wildman–Crippen LogP) is 5.45. The summed E-state index contributed by atoms with van der Waals surface area (Å²) in [5.74, 6) is -1.16. The Bertz CT molecular complexity index is 1370. The van der Waals surface area contributed by atoms with Crippen molar-refractivity contribution in [2.24, 2.45) is 5.73 Å². The van der Waals surface area contributed by atoms with Crippen molar-refractivity contribution in [3.8, 4) is 28.3 Å². The number of hydrogen-bond donors (Lipinski definition) is 1. The molecule has 2 aliphatic heterocycles. The number of carbonyl (C=O) groups excluding carboxylic acids is 1. The molecule has 3 atom stereocenters. The number of hydrogen-bond acceptors (Lipinski definition) is 4. The minimum atomic E-state index is -0.666. The van der Waals surface area contributed by atoms with Gasteiger partial charge in [-0.2, -0.15) is 5.26 Å². The normalized spacial score (nSPS) is 20.6.